The van der Waals surface area contributed by atoms with Crippen molar-refractivity contribution in [3.63, 3.8) is 0 Å². The Bertz CT molecular complexity index is 1870. The number of nitrogen functional groups attached to an aromatic ring is 1. The number of halogens is 1. The summed E-state index contributed by atoms with van der Waals surface area (Å²) in [4.78, 5) is 55.9. The SMILES string of the molecule is Nc1nc(Cl)nc2c1ncn2[C@H]1C[C@@H]2OP(=O)(O)OC[C@H]3O[C@@H](n4cnc5c(=O)[nH]cnc54)C[C@@H]3OP(=O)(O)OC[C@H]2O1. The standard InChI is InChI=1S/C20H22ClN9O11P2/c21-20-27-16(22)14-18(28-20)30(6-25-14)13-2-9-11(39-13)4-37-42(32,33)40-8-1-12(38-10(8)3-36-43(34,35)41-9)29-7-26-15-17(29)23-5-24-19(15)31/h5-13H,1-4H2,(H,32,33)(H,34,35)(H2,22,27,28)(H,23,24,31)/t8-,9-,10+,11+,12+,13+/m0/s1. The van der Waals surface area contributed by atoms with Crippen LogP contribution in [-0.4, -0.2) is 86.5 Å². The second-order valence-electron chi connectivity index (χ2n) is 9.80. The molecule has 5 N–H and O–H groups in total. The normalized spacial score (nSPS) is 35.4. The van der Waals surface area contributed by atoms with E-state index in [0.29, 0.717) is 0 Å². The summed E-state index contributed by atoms with van der Waals surface area (Å²) in [5, 5.41) is -0.136. The number of phosphoric acid groups is 2. The third kappa shape index (κ3) is 5.49. The minimum Gasteiger partial charge on any atom is -0.382 e. The Balaban J connectivity index is 1.13. The molecule has 4 aromatic heterocycles. The Morgan fingerprint density at radius 2 is 1.42 bits per heavy atom. The van der Waals surface area contributed by atoms with Crippen LogP contribution in [0, 0.1) is 0 Å². The number of hydrogen-bond donors (Lipinski definition) is 4. The van der Waals surface area contributed by atoms with Gasteiger partial charge in [-0.2, -0.15) is 9.97 Å². The Hall–Kier alpha value is -2.87. The van der Waals surface area contributed by atoms with E-state index in [9.17, 15) is 23.7 Å². The van der Waals surface area contributed by atoms with Crippen LogP contribution in [0.4, 0.5) is 5.82 Å². The van der Waals surface area contributed by atoms with Crippen molar-refractivity contribution >= 4 is 55.4 Å². The maximum atomic E-state index is 13.0. The highest BCUT2D eigenvalue weighted by atomic mass is 35.5. The lowest BCUT2D eigenvalue weighted by Gasteiger charge is -2.26. The fourth-order valence-corrected chi connectivity index (χ4v) is 7.29. The monoisotopic (exact) mass is 661 g/mol. The Morgan fingerprint density at radius 3 is 2.02 bits per heavy atom. The molecule has 0 saturated carbocycles. The van der Waals surface area contributed by atoms with Gasteiger partial charge < -0.3 is 30.0 Å². The predicted molar refractivity (Wildman–Crippen MR) is 141 cm³/mol. The van der Waals surface area contributed by atoms with E-state index < -0.39 is 71.3 Å². The first-order valence-electron chi connectivity index (χ1n) is 12.6. The number of aromatic amines is 1. The number of imidazole rings is 2. The van der Waals surface area contributed by atoms with Gasteiger partial charge in [0.25, 0.3) is 5.56 Å². The van der Waals surface area contributed by atoms with Crippen molar-refractivity contribution in [1.82, 2.24) is 39.0 Å². The van der Waals surface area contributed by atoms with Crippen molar-refractivity contribution in [3.05, 3.63) is 34.6 Å². The molecule has 0 bridgehead atoms. The van der Waals surface area contributed by atoms with Crippen molar-refractivity contribution in [3.8, 4) is 0 Å². The van der Waals surface area contributed by atoms with E-state index in [1.54, 1.807) is 0 Å². The second-order valence-corrected chi connectivity index (χ2v) is 13.0. The lowest BCUT2D eigenvalue weighted by molar-refractivity contribution is -0.0661. The Morgan fingerprint density at radius 1 is 0.860 bits per heavy atom. The lowest BCUT2D eigenvalue weighted by Crippen LogP contribution is -2.32. The molecule has 7 rings (SSSR count). The number of nitrogens with zero attached hydrogens (tertiary/aromatic N) is 7. The van der Waals surface area contributed by atoms with Crippen LogP contribution >= 0.6 is 27.2 Å². The van der Waals surface area contributed by atoms with Gasteiger partial charge in [0, 0.05) is 12.8 Å². The van der Waals surface area contributed by atoms with Crippen LogP contribution in [0.3, 0.4) is 0 Å². The highest BCUT2D eigenvalue weighted by molar-refractivity contribution is 7.47. The highest BCUT2D eigenvalue weighted by Gasteiger charge is 2.47. The van der Waals surface area contributed by atoms with Gasteiger partial charge in [-0.05, 0) is 11.6 Å². The molecule has 23 heteroatoms. The lowest BCUT2D eigenvalue weighted by atomic mass is 10.2. The first-order valence-corrected chi connectivity index (χ1v) is 16.0. The maximum Gasteiger partial charge on any atom is 0.472 e. The number of ether oxygens (including phenoxy) is 2. The zero-order valence-electron chi connectivity index (χ0n) is 21.6. The number of phosphoric ester groups is 2. The largest absolute Gasteiger partial charge is 0.472 e. The minimum absolute atomic E-state index is 0.0330. The summed E-state index contributed by atoms with van der Waals surface area (Å²) in [6.45, 7) is -1.14. The van der Waals surface area contributed by atoms with E-state index in [1.165, 1.54) is 28.1 Å². The molecule has 0 aliphatic carbocycles. The van der Waals surface area contributed by atoms with Gasteiger partial charge in [0.05, 0.1) is 32.2 Å². The zero-order valence-corrected chi connectivity index (χ0v) is 24.1. The van der Waals surface area contributed by atoms with Crippen LogP contribution in [0.25, 0.3) is 22.3 Å². The summed E-state index contributed by atoms with van der Waals surface area (Å²) in [5.41, 5.74) is 6.11. The molecule has 3 aliphatic heterocycles. The minimum atomic E-state index is -4.75. The smallest absolute Gasteiger partial charge is 0.382 e. The Kier molecular flexibility index (Phi) is 7.14. The van der Waals surface area contributed by atoms with Gasteiger partial charge in [0.1, 0.15) is 42.4 Å². The summed E-state index contributed by atoms with van der Waals surface area (Å²) >= 11 is 5.95. The number of fused-ring (bicyclic) bond motifs is 4. The van der Waals surface area contributed by atoms with E-state index in [2.05, 4.69) is 29.9 Å². The van der Waals surface area contributed by atoms with Gasteiger partial charge in [-0.3, -0.25) is 32.0 Å². The molecule has 0 radical (unpaired) electrons. The van der Waals surface area contributed by atoms with E-state index in [1.807, 2.05) is 0 Å². The van der Waals surface area contributed by atoms with Crippen LogP contribution in [-0.2, 0) is 36.7 Å². The Labute approximate surface area is 244 Å². The van der Waals surface area contributed by atoms with Gasteiger partial charge in [-0.15, -0.1) is 0 Å². The molecular formula is C20H22ClN9O11P2. The van der Waals surface area contributed by atoms with Gasteiger partial charge in [-0.1, -0.05) is 0 Å². The molecule has 43 heavy (non-hydrogen) atoms. The van der Waals surface area contributed by atoms with Gasteiger partial charge in [-0.25, -0.2) is 24.1 Å². The molecule has 2 unspecified atom stereocenters. The number of H-pyrrole nitrogens is 1. The number of nitrogens with two attached hydrogens (primary N) is 1. The molecule has 0 aromatic carbocycles. The summed E-state index contributed by atoms with van der Waals surface area (Å²) in [6, 6.07) is 0. The topological polar surface area (TPSA) is 263 Å². The van der Waals surface area contributed by atoms with Crippen molar-refractivity contribution in [1.29, 1.82) is 0 Å². The highest BCUT2D eigenvalue weighted by Crippen LogP contribution is 2.53. The quantitative estimate of drug-likeness (QED) is 0.171. The second kappa shape index (κ2) is 10.6. The predicted octanol–water partition coefficient (Wildman–Crippen LogP) is 0.788. The third-order valence-electron chi connectivity index (χ3n) is 7.11. The number of rotatable bonds is 2. The van der Waals surface area contributed by atoms with Gasteiger partial charge in [0.15, 0.2) is 22.6 Å². The average molecular weight is 662 g/mol. The summed E-state index contributed by atoms with van der Waals surface area (Å²) < 4.78 is 62.2. The fourth-order valence-electron chi connectivity index (χ4n) is 5.20. The molecule has 3 aliphatic rings. The molecule has 7 heterocycles. The third-order valence-corrected chi connectivity index (χ3v) is 9.30. The first-order chi connectivity index (χ1) is 20.5. The van der Waals surface area contributed by atoms with E-state index in [0.717, 1.165) is 0 Å². The van der Waals surface area contributed by atoms with Crippen molar-refractivity contribution in [2.24, 2.45) is 0 Å². The molecule has 4 aromatic rings. The molecule has 0 spiro atoms. The van der Waals surface area contributed by atoms with Crippen LogP contribution in [0.5, 0.6) is 0 Å². The molecule has 20 nitrogen and oxygen atoms in total. The molecule has 3 saturated heterocycles. The van der Waals surface area contributed by atoms with Crippen molar-refractivity contribution in [2.75, 3.05) is 18.9 Å². The van der Waals surface area contributed by atoms with Crippen molar-refractivity contribution in [2.45, 2.75) is 49.7 Å². The first kappa shape index (κ1) is 28.9. The molecular weight excluding hydrogens is 640 g/mol. The number of nitrogens with one attached hydrogen (secondary N) is 1. The van der Waals surface area contributed by atoms with E-state index in [-0.39, 0.29) is 46.3 Å². The molecule has 3 fully saturated rings. The fraction of sp³-hybridized carbons (Fsp3) is 0.500. The van der Waals surface area contributed by atoms with E-state index >= 15 is 0 Å². The summed E-state index contributed by atoms with van der Waals surface area (Å²) in [6.07, 6.45) is -2.56. The summed E-state index contributed by atoms with van der Waals surface area (Å²) in [7, 11) is -9.51. The average Bonchev–Trinajstić information content (AvgIpc) is 3.71. The maximum absolute atomic E-state index is 13.0. The summed E-state index contributed by atoms with van der Waals surface area (Å²) in [5.74, 6) is 0.0330. The van der Waals surface area contributed by atoms with Crippen LogP contribution in [0.2, 0.25) is 5.28 Å². The zero-order chi connectivity index (χ0) is 30.1. The number of aromatic nitrogens is 8. The molecule has 230 valence electrons. The van der Waals surface area contributed by atoms with Crippen LogP contribution in [0.1, 0.15) is 25.3 Å². The number of anilines is 1. The van der Waals surface area contributed by atoms with Crippen LogP contribution in [0.15, 0.2) is 23.8 Å². The van der Waals surface area contributed by atoms with Crippen LogP contribution < -0.4 is 11.3 Å². The van der Waals surface area contributed by atoms with Crippen molar-refractivity contribution < 1.29 is 46.5 Å². The molecule has 0 amide bonds. The number of hydrogen-bond acceptors (Lipinski definition) is 15. The van der Waals surface area contributed by atoms with E-state index in [4.69, 9.17) is 44.9 Å². The van der Waals surface area contributed by atoms with Gasteiger partial charge >= 0.3 is 15.6 Å². The molecule has 8 atom stereocenters. The van der Waals surface area contributed by atoms with Gasteiger partial charge in [0.2, 0.25) is 5.28 Å².